The lowest BCUT2D eigenvalue weighted by molar-refractivity contribution is -0.0206. The van der Waals surface area contributed by atoms with Gasteiger partial charge in [-0.05, 0) is 0 Å². The first-order valence-electron chi connectivity index (χ1n) is 4.07. The predicted molar refractivity (Wildman–Crippen MR) is 39.4 cm³/mol. The number of nitrogens with zero attached hydrogens (tertiary/aromatic N) is 1. The highest BCUT2D eigenvalue weighted by molar-refractivity contribution is 5.05. The molecule has 0 bridgehead atoms. The van der Waals surface area contributed by atoms with Crippen LogP contribution in [0.1, 0.15) is 0 Å². The van der Waals surface area contributed by atoms with Crippen LogP contribution in [0.25, 0.3) is 0 Å². The van der Waals surface area contributed by atoms with Gasteiger partial charge in [-0.1, -0.05) is 0 Å². The van der Waals surface area contributed by atoms with Crippen LogP contribution in [0.5, 0.6) is 0 Å². The maximum absolute atomic E-state index is 9.39. The molecule has 0 unspecified atom stereocenters. The van der Waals surface area contributed by atoms with E-state index >= 15 is 0 Å². The minimum absolute atomic E-state index is 0.333. The molecule has 5 atom stereocenters. The lowest BCUT2D eigenvalue weighted by Gasteiger charge is -2.19. The third kappa shape index (κ3) is 0.982. The van der Waals surface area contributed by atoms with Crippen molar-refractivity contribution in [1.82, 2.24) is 4.90 Å². The van der Waals surface area contributed by atoms with Crippen molar-refractivity contribution in [3.05, 3.63) is 0 Å². The molecular weight excluding hydrogens is 162 g/mol. The van der Waals surface area contributed by atoms with E-state index in [4.69, 9.17) is 0 Å². The van der Waals surface area contributed by atoms with Gasteiger partial charge in [-0.2, -0.15) is 0 Å². The molecule has 0 aromatic heterocycles. The molecule has 0 saturated carbocycles. The Hall–Kier alpha value is -0.200. The van der Waals surface area contributed by atoms with Crippen molar-refractivity contribution in [3.8, 4) is 0 Å². The molecule has 2 saturated heterocycles. The maximum atomic E-state index is 9.39. The Kier molecular flexibility index (Phi) is 1.85. The van der Waals surface area contributed by atoms with Crippen molar-refractivity contribution in [1.29, 1.82) is 0 Å². The Morgan fingerprint density at radius 2 is 1.25 bits per heavy atom. The van der Waals surface area contributed by atoms with Crippen LogP contribution < -0.4 is 0 Å². The number of hydrogen-bond donors (Lipinski definition) is 4. The summed E-state index contributed by atoms with van der Waals surface area (Å²) in [4.78, 5) is 1.71. The predicted octanol–water partition coefficient (Wildman–Crippen LogP) is -2.87. The zero-order valence-electron chi connectivity index (χ0n) is 6.54. The summed E-state index contributed by atoms with van der Waals surface area (Å²) in [6, 6.07) is -0.491. The number of rotatable bonds is 0. The maximum Gasteiger partial charge on any atom is 0.0992 e. The van der Waals surface area contributed by atoms with Crippen LogP contribution in [0.15, 0.2) is 0 Å². The highest BCUT2D eigenvalue weighted by Gasteiger charge is 2.51. The van der Waals surface area contributed by atoms with Crippen LogP contribution in [-0.4, -0.2) is 68.9 Å². The molecule has 2 rings (SSSR count). The third-order valence-corrected chi connectivity index (χ3v) is 2.75. The molecule has 0 radical (unpaired) electrons. The first kappa shape index (κ1) is 8.40. The summed E-state index contributed by atoms with van der Waals surface area (Å²) < 4.78 is 0. The Morgan fingerprint density at radius 3 is 1.58 bits per heavy atom. The molecule has 5 nitrogen and oxygen atoms in total. The molecule has 70 valence electrons. The number of aliphatic hydroxyl groups is 4. The summed E-state index contributed by atoms with van der Waals surface area (Å²) in [5, 5.41) is 37.2. The topological polar surface area (TPSA) is 84.2 Å². The quantitative estimate of drug-likeness (QED) is 0.318. The highest BCUT2D eigenvalue weighted by atomic mass is 16.4. The second-order valence-electron chi connectivity index (χ2n) is 3.56. The van der Waals surface area contributed by atoms with Crippen molar-refractivity contribution in [2.75, 3.05) is 13.1 Å². The molecule has 2 fully saturated rings. The summed E-state index contributed by atoms with van der Waals surface area (Å²) in [5.41, 5.74) is 0. The minimum atomic E-state index is -0.933. The Labute approximate surface area is 69.9 Å². The van der Waals surface area contributed by atoms with Gasteiger partial charge in [-0.25, -0.2) is 0 Å². The van der Waals surface area contributed by atoms with E-state index in [1.54, 1.807) is 4.90 Å². The number of fused-ring (bicyclic) bond motifs is 1. The smallest absolute Gasteiger partial charge is 0.0992 e. The summed E-state index contributed by atoms with van der Waals surface area (Å²) in [7, 11) is 0. The van der Waals surface area contributed by atoms with E-state index < -0.39 is 30.5 Å². The molecule has 0 aromatic carbocycles. The fourth-order valence-electron chi connectivity index (χ4n) is 2.10. The van der Waals surface area contributed by atoms with Gasteiger partial charge in [0.2, 0.25) is 0 Å². The normalized spacial score (nSPS) is 54.5. The molecule has 0 aliphatic carbocycles. The van der Waals surface area contributed by atoms with E-state index in [1.165, 1.54) is 0 Å². The van der Waals surface area contributed by atoms with Gasteiger partial charge in [0.05, 0.1) is 30.5 Å². The summed E-state index contributed by atoms with van der Waals surface area (Å²) in [6.07, 6.45) is -3.46. The average Bonchev–Trinajstić information content (AvgIpc) is 2.40. The standard InChI is InChI=1S/C7H13NO4/c9-3-1-8-2-4(10)7(12)5(8)6(3)11/h3-7,9-12H,1-2H2/t3-,4+,5-,6-,7+. The monoisotopic (exact) mass is 175 g/mol. The fourth-order valence-corrected chi connectivity index (χ4v) is 2.10. The molecule has 0 aromatic rings. The second-order valence-corrected chi connectivity index (χ2v) is 3.56. The summed E-state index contributed by atoms with van der Waals surface area (Å²) >= 11 is 0. The van der Waals surface area contributed by atoms with Crippen LogP contribution in [0.2, 0.25) is 0 Å². The largest absolute Gasteiger partial charge is 0.389 e. The van der Waals surface area contributed by atoms with Gasteiger partial charge in [0.15, 0.2) is 0 Å². The SMILES string of the molecule is O[C@@H]1[C@H]2[C@H](O)[C@H](O)CN2C[C@@H]1O. The Morgan fingerprint density at radius 1 is 0.833 bits per heavy atom. The van der Waals surface area contributed by atoms with E-state index in [-0.39, 0.29) is 0 Å². The average molecular weight is 175 g/mol. The van der Waals surface area contributed by atoms with Crippen molar-refractivity contribution >= 4 is 0 Å². The first-order valence-corrected chi connectivity index (χ1v) is 4.07. The van der Waals surface area contributed by atoms with E-state index in [0.717, 1.165) is 0 Å². The molecule has 12 heavy (non-hydrogen) atoms. The van der Waals surface area contributed by atoms with Crippen LogP contribution in [0.3, 0.4) is 0 Å². The third-order valence-electron chi connectivity index (χ3n) is 2.75. The Bertz CT molecular complexity index is 170. The van der Waals surface area contributed by atoms with E-state index in [0.29, 0.717) is 13.1 Å². The zero-order valence-corrected chi connectivity index (χ0v) is 6.54. The second kappa shape index (κ2) is 2.65. The van der Waals surface area contributed by atoms with E-state index in [2.05, 4.69) is 0 Å². The van der Waals surface area contributed by atoms with Crippen molar-refractivity contribution in [3.63, 3.8) is 0 Å². The molecule has 2 aliphatic rings. The van der Waals surface area contributed by atoms with Gasteiger partial charge in [0.1, 0.15) is 0 Å². The molecule has 5 heteroatoms. The van der Waals surface area contributed by atoms with Crippen molar-refractivity contribution in [2.45, 2.75) is 30.5 Å². The molecule has 0 spiro atoms. The van der Waals surface area contributed by atoms with Crippen LogP contribution in [-0.2, 0) is 0 Å². The lowest BCUT2D eigenvalue weighted by Crippen LogP contribution is -2.41. The van der Waals surface area contributed by atoms with Gasteiger partial charge in [0, 0.05) is 13.1 Å². The zero-order chi connectivity index (χ0) is 8.88. The first-order chi connectivity index (χ1) is 5.61. The van der Waals surface area contributed by atoms with Gasteiger partial charge < -0.3 is 20.4 Å². The van der Waals surface area contributed by atoms with E-state index in [1.807, 2.05) is 0 Å². The lowest BCUT2D eigenvalue weighted by atomic mass is 10.0. The van der Waals surface area contributed by atoms with Crippen LogP contribution in [0.4, 0.5) is 0 Å². The number of hydrogen-bond acceptors (Lipinski definition) is 5. The van der Waals surface area contributed by atoms with Crippen LogP contribution in [0, 0.1) is 0 Å². The van der Waals surface area contributed by atoms with Gasteiger partial charge in [-0.3, -0.25) is 4.90 Å². The fraction of sp³-hybridized carbons (Fsp3) is 1.00. The van der Waals surface area contributed by atoms with Crippen LogP contribution >= 0.6 is 0 Å². The van der Waals surface area contributed by atoms with Crippen molar-refractivity contribution in [2.24, 2.45) is 0 Å². The van der Waals surface area contributed by atoms with Crippen molar-refractivity contribution < 1.29 is 20.4 Å². The highest BCUT2D eigenvalue weighted by Crippen LogP contribution is 2.28. The molecule has 2 aliphatic heterocycles. The minimum Gasteiger partial charge on any atom is -0.389 e. The van der Waals surface area contributed by atoms with Gasteiger partial charge in [-0.15, -0.1) is 0 Å². The van der Waals surface area contributed by atoms with Gasteiger partial charge >= 0.3 is 0 Å². The molecule has 0 amide bonds. The van der Waals surface area contributed by atoms with E-state index in [9.17, 15) is 20.4 Å². The molecule has 4 N–H and O–H groups in total. The summed E-state index contributed by atoms with van der Waals surface area (Å²) in [5.74, 6) is 0. The molecular formula is C7H13NO4. The summed E-state index contributed by atoms with van der Waals surface area (Å²) in [6.45, 7) is 0.667. The number of aliphatic hydroxyl groups excluding tert-OH is 4. The Balaban J connectivity index is 2.15. The van der Waals surface area contributed by atoms with Gasteiger partial charge in [0.25, 0.3) is 0 Å². The molecule has 2 heterocycles.